The van der Waals surface area contributed by atoms with E-state index in [-0.39, 0.29) is 22.4 Å². The molecule has 0 radical (unpaired) electrons. The number of carbonyl (C=O) groups is 1. The van der Waals surface area contributed by atoms with Crippen molar-refractivity contribution in [3.05, 3.63) is 62.8 Å². The third-order valence-corrected chi connectivity index (χ3v) is 4.05. The van der Waals surface area contributed by atoms with Crippen LogP contribution in [0.3, 0.4) is 0 Å². The monoisotopic (exact) mass is 370 g/mol. The lowest BCUT2D eigenvalue weighted by Gasteiger charge is -2.18. The summed E-state index contributed by atoms with van der Waals surface area (Å²) in [7, 11) is 0. The SMILES string of the molecule is CC(Nc1ccc(C(N)=O)c(Cl)c1)c1ccc(F)cc1Br. The van der Waals surface area contributed by atoms with Gasteiger partial charge in [-0.3, -0.25) is 4.79 Å². The van der Waals surface area contributed by atoms with Gasteiger partial charge >= 0.3 is 0 Å². The zero-order valence-corrected chi connectivity index (χ0v) is 13.5. The van der Waals surface area contributed by atoms with Crippen LogP contribution in [0.1, 0.15) is 28.9 Å². The predicted molar refractivity (Wildman–Crippen MR) is 86.1 cm³/mol. The molecular weight excluding hydrogens is 359 g/mol. The second-order valence-electron chi connectivity index (χ2n) is 4.59. The standard InChI is InChI=1S/C15H13BrClFN2O/c1-8(11-4-2-9(18)6-13(11)16)20-10-3-5-12(15(19)21)14(17)7-10/h2-8,20H,1H3,(H2,19,21). The van der Waals surface area contributed by atoms with Gasteiger partial charge in [-0.15, -0.1) is 0 Å². The normalized spacial score (nSPS) is 12.0. The van der Waals surface area contributed by atoms with Crippen LogP contribution in [0.4, 0.5) is 10.1 Å². The van der Waals surface area contributed by atoms with Crippen molar-refractivity contribution in [3.63, 3.8) is 0 Å². The van der Waals surface area contributed by atoms with Gasteiger partial charge in [0, 0.05) is 16.2 Å². The van der Waals surface area contributed by atoms with Gasteiger partial charge in [0.1, 0.15) is 5.82 Å². The van der Waals surface area contributed by atoms with Crippen molar-refractivity contribution in [3.8, 4) is 0 Å². The summed E-state index contributed by atoms with van der Waals surface area (Å²) in [4.78, 5) is 11.1. The molecule has 0 aliphatic rings. The summed E-state index contributed by atoms with van der Waals surface area (Å²) >= 11 is 9.35. The van der Waals surface area contributed by atoms with Crippen LogP contribution in [0, 0.1) is 5.82 Å². The molecule has 0 bridgehead atoms. The third kappa shape index (κ3) is 3.74. The van der Waals surface area contributed by atoms with E-state index in [9.17, 15) is 9.18 Å². The second kappa shape index (κ2) is 6.45. The zero-order chi connectivity index (χ0) is 15.6. The van der Waals surface area contributed by atoms with E-state index in [1.807, 2.05) is 6.92 Å². The lowest BCUT2D eigenvalue weighted by Crippen LogP contribution is -2.12. The van der Waals surface area contributed by atoms with Crippen LogP contribution in [0.15, 0.2) is 40.9 Å². The van der Waals surface area contributed by atoms with Crippen molar-refractivity contribution in [1.29, 1.82) is 0 Å². The maximum Gasteiger partial charge on any atom is 0.250 e. The summed E-state index contributed by atoms with van der Waals surface area (Å²) in [6.07, 6.45) is 0. The molecule has 2 aromatic carbocycles. The third-order valence-electron chi connectivity index (χ3n) is 3.05. The molecule has 3 nitrogen and oxygen atoms in total. The number of hydrogen-bond donors (Lipinski definition) is 2. The van der Waals surface area contributed by atoms with Crippen molar-refractivity contribution in [1.82, 2.24) is 0 Å². The predicted octanol–water partition coefficient (Wildman–Crippen LogP) is 4.51. The summed E-state index contributed by atoms with van der Waals surface area (Å²) in [5.74, 6) is -0.868. The molecule has 0 heterocycles. The highest BCUT2D eigenvalue weighted by molar-refractivity contribution is 9.10. The van der Waals surface area contributed by atoms with Crippen molar-refractivity contribution in [2.75, 3.05) is 5.32 Å². The van der Waals surface area contributed by atoms with Crippen LogP contribution in [-0.4, -0.2) is 5.91 Å². The van der Waals surface area contributed by atoms with Crippen LogP contribution in [-0.2, 0) is 0 Å². The number of primary amides is 1. The number of rotatable bonds is 4. The Hall–Kier alpha value is -1.59. The van der Waals surface area contributed by atoms with E-state index in [0.29, 0.717) is 4.47 Å². The molecule has 3 N–H and O–H groups in total. The summed E-state index contributed by atoms with van der Waals surface area (Å²) in [6.45, 7) is 1.94. The Morgan fingerprint density at radius 3 is 2.62 bits per heavy atom. The minimum absolute atomic E-state index is 0.0736. The van der Waals surface area contributed by atoms with Gasteiger partial charge in [-0.05, 0) is 42.8 Å². The Kier molecular flexibility index (Phi) is 4.85. The smallest absolute Gasteiger partial charge is 0.250 e. The number of anilines is 1. The van der Waals surface area contributed by atoms with Crippen LogP contribution in [0.5, 0.6) is 0 Å². The second-order valence-corrected chi connectivity index (χ2v) is 5.85. The molecule has 0 aliphatic carbocycles. The molecule has 0 aliphatic heterocycles. The molecule has 1 atom stereocenters. The van der Waals surface area contributed by atoms with E-state index in [1.165, 1.54) is 12.1 Å². The summed E-state index contributed by atoms with van der Waals surface area (Å²) in [5, 5.41) is 3.53. The number of benzene rings is 2. The van der Waals surface area contributed by atoms with Gasteiger partial charge < -0.3 is 11.1 Å². The van der Waals surface area contributed by atoms with Gasteiger partial charge in [-0.1, -0.05) is 33.6 Å². The van der Waals surface area contributed by atoms with E-state index < -0.39 is 5.91 Å². The van der Waals surface area contributed by atoms with Gasteiger partial charge in [0.2, 0.25) is 5.91 Å². The topological polar surface area (TPSA) is 55.1 Å². The fourth-order valence-corrected chi connectivity index (χ4v) is 2.95. The minimum Gasteiger partial charge on any atom is -0.378 e. The molecule has 0 saturated heterocycles. The van der Waals surface area contributed by atoms with Crippen molar-refractivity contribution in [2.24, 2.45) is 5.73 Å². The van der Waals surface area contributed by atoms with Gasteiger partial charge in [0.05, 0.1) is 10.6 Å². The highest BCUT2D eigenvalue weighted by Gasteiger charge is 2.12. The minimum atomic E-state index is -0.569. The number of carbonyl (C=O) groups excluding carboxylic acids is 1. The molecule has 1 unspecified atom stereocenters. The molecule has 21 heavy (non-hydrogen) atoms. The van der Waals surface area contributed by atoms with Crippen molar-refractivity contribution >= 4 is 39.1 Å². The number of nitrogens with two attached hydrogens (primary N) is 1. The summed E-state index contributed by atoms with van der Waals surface area (Å²) in [6, 6.07) is 9.37. The maximum absolute atomic E-state index is 13.1. The van der Waals surface area contributed by atoms with E-state index in [4.69, 9.17) is 17.3 Å². The largest absolute Gasteiger partial charge is 0.378 e. The average molecular weight is 372 g/mol. The Labute approximate surface area is 135 Å². The van der Waals surface area contributed by atoms with E-state index in [2.05, 4.69) is 21.2 Å². The highest BCUT2D eigenvalue weighted by Crippen LogP contribution is 2.28. The number of nitrogens with one attached hydrogen (secondary N) is 1. The summed E-state index contributed by atoms with van der Waals surface area (Å²) in [5.41, 5.74) is 7.13. The number of hydrogen-bond acceptors (Lipinski definition) is 2. The lowest BCUT2D eigenvalue weighted by molar-refractivity contribution is 0.100. The Bertz CT molecular complexity index is 693. The Morgan fingerprint density at radius 2 is 2.05 bits per heavy atom. The van der Waals surface area contributed by atoms with Gasteiger partial charge in [-0.25, -0.2) is 4.39 Å². The Balaban J connectivity index is 2.21. The van der Waals surface area contributed by atoms with Gasteiger partial charge in [-0.2, -0.15) is 0 Å². The fourth-order valence-electron chi connectivity index (χ4n) is 1.99. The van der Waals surface area contributed by atoms with Crippen molar-refractivity contribution in [2.45, 2.75) is 13.0 Å². The number of halogens is 3. The molecule has 110 valence electrons. The number of amides is 1. The van der Waals surface area contributed by atoms with Crippen LogP contribution >= 0.6 is 27.5 Å². The van der Waals surface area contributed by atoms with Crippen molar-refractivity contribution < 1.29 is 9.18 Å². The fraction of sp³-hybridized carbons (Fsp3) is 0.133. The Morgan fingerprint density at radius 1 is 1.33 bits per heavy atom. The summed E-state index contributed by atoms with van der Waals surface area (Å²) < 4.78 is 13.8. The maximum atomic E-state index is 13.1. The van der Waals surface area contributed by atoms with Crippen LogP contribution in [0.2, 0.25) is 5.02 Å². The quantitative estimate of drug-likeness (QED) is 0.830. The molecule has 0 fully saturated rings. The molecule has 0 spiro atoms. The molecule has 6 heteroatoms. The van der Waals surface area contributed by atoms with E-state index >= 15 is 0 Å². The molecule has 2 rings (SSSR count). The average Bonchev–Trinajstić information content (AvgIpc) is 2.37. The molecule has 0 saturated carbocycles. The van der Waals surface area contributed by atoms with Gasteiger partial charge in [0.15, 0.2) is 0 Å². The molecule has 1 amide bonds. The molecule has 2 aromatic rings. The zero-order valence-electron chi connectivity index (χ0n) is 11.2. The first-order valence-electron chi connectivity index (χ1n) is 6.19. The lowest BCUT2D eigenvalue weighted by atomic mass is 10.1. The van der Waals surface area contributed by atoms with E-state index in [1.54, 1.807) is 24.3 Å². The highest BCUT2D eigenvalue weighted by atomic mass is 79.9. The first-order chi connectivity index (χ1) is 9.88. The molecule has 0 aromatic heterocycles. The first-order valence-corrected chi connectivity index (χ1v) is 7.36. The van der Waals surface area contributed by atoms with Crippen LogP contribution in [0.25, 0.3) is 0 Å². The van der Waals surface area contributed by atoms with Gasteiger partial charge in [0.25, 0.3) is 0 Å². The van der Waals surface area contributed by atoms with E-state index in [0.717, 1.165) is 11.3 Å². The first kappa shape index (κ1) is 15.8. The van der Waals surface area contributed by atoms with Crippen LogP contribution < -0.4 is 11.1 Å². The molecular formula is C15H13BrClFN2O.